The summed E-state index contributed by atoms with van der Waals surface area (Å²) < 4.78 is 23.7. The van der Waals surface area contributed by atoms with Gasteiger partial charge in [0.2, 0.25) is 0 Å². The van der Waals surface area contributed by atoms with E-state index in [1.807, 2.05) is 0 Å². The predicted molar refractivity (Wildman–Crippen MR) is 67.6 cm³/mol. The molecule has 2 fully saturated rings. The Hall–Kier alpha value is -0.380. The molecular weight excluding hydrogens is 236 g/mol. The second kappa shape index (κ2) is 5.51. The van der Waals surface area contributed by atoms with Crippen molar-refractivity contribution in [3.8, 4) is 0 Å². The average Bonchev–Trinajstić information content (AvgIpc) is 2.29. The minimum Gasteiger partial charge on any atom is -0.298 e. The van der Waals surface area contributed by atoms with E-state index in [-0.39, 0.29) is 11.5 Å². The van der Waals surface area contributed by atoms with Crippen molar-refractivity contribution in [3.05, 3.63) is 0 Å². The molecule has 0 N–H and O–H groups in total. The molecule has 2 aliphatic rings. The molecule has 1 aliphatic heterocycles. The predicted octanol–water partition coefficient (Wildman–Crippen LogP) is 2.49. The maximum atomic E-state index is 12.1. The fourth-order valence-corrected chi connectivity index (χ4v) is 5.04. The van der Waals surface area contributed by atoms with Crippen molar-refractivity contribution in [2.75, 3.05) is 5.75 Å². The Bertz CT molecular complexity index is 366. The molecule has 17 heavy (non-hydrogen) atoms. The van der Waals surface area contributed by atoms with Gasteiger partial charge in [-0.25, -0.2) is 8.42 Å². The van der Waals surface area contributed by atoms with Crippen LogP contribution in [-0.4, -0.2) is 25.2 Å². The van der Waals surface area contributed by atoms with Crippen LogP contribution in [0.25, 0.3) is 0 Å². The van der Waals surface area contributed by atoms with Crippen LogP contribution in [0, 0.1) is 5.92 Å². The molecule has 2 rings (SSSR count). The van der Waals surface area contributed by atoms with E-state index in [0.29, 0.717) is 18.8 Å². The van der Waals surface area contributed by atoms with Crippen LogP contribution in [0.15, 0.2) is 0 Å². The highest BCUT2D eigenvalue weighted by Gasteiger charge is 2.35. The summed E-state index contributed by atoms with van der Waals surface area (Å²) in [6.45, 7) is 0. The van der Waals surface area contributed by atoms with Gasteiger partial charge in [0, 0.05) is 6.42 Å². The zero-order valence-electron chi connectivity index (χ0n) is 10.4. The molecule has 1 atom stereocenters. The van der Waals surface area contributed by atoms with Gasteiger partial charge >= 0.3 is 0 Å². The van der Waals surface area contributed by atoms with Gasteiger partial charge in [0.15, 0.2) is 15.6 Å². The lowest BCUT2D eigenvalue weighted by Crippen LogP contribution is -2.36. The first-order valence-corrected chi connectivity index (χ1v) is 8.55. The number of Topliss-reactive ketones (excluding diaryl/α,β-unsaturated/α-hetero) is 1. The molecule has 0 radical (unpaired) electrons. The number of hydrogen-bond acceptors (Lipinski definition) is 3. The number of sulfone groups is 1. The Morgan fingerprint density at radius 2 is 1.59 bits per heavy atom. The van der Waals surface area contributed by atoms with E-state index in [0.717, 1.165) is 25.7 Å². The molecule has 1 heterocycles. The summed E-state index contributed by atoms with van der Waals surface area (Å²) in [6.07, 6.45) is 8.59. The van der Waals surface area contributed by atoms with E-state index >= 15 is 0 Å². The maximum absolute atomic E-state index is 12.1. The minimum atomic E-state index is -3.12. The van der Waals surface area contributed by atoms with E-state index in [1.54, 1.807) is 0 Å². The third-order valence-electron chi connectivity index (χ3n) is 4.15. The van der Waals surface area contributed by atoms with E-state index in [2.05, 4.69) is 0 Å². The number of rotatable bonds is 3. The second-order valence-electron chi connectivity index (χ2n) is 5.53. The van der Waals surface area contributed by atoms with Crippen LogP contribution >= 0.6 is 0 Å². The van der Waals surface area contributed by atoms with Gasteiger partial charge in [0.05, 0.1) is 5.75 Å². The van der Waals surface area contributed by atoms with Crippen molar-refractivity contribution >= 4 is 15.6 Å². The molecule has 0 amide bonds. The Morgan fingerprint density at radius 3 is 2.24 bits per heavy atom. The molecule has 0 spiro atoms. The standard InChI is InChI=1S/C13H22O3S/c14-12(10-11-6-2-1-3-7-11)13-8-4-5-9-17(13,15)16/h11,13H,1-10H2. The lowest BCUT2D eigenvalue weighted by Gasteiger charge is -2.25. The smallest absolute Gasteiger partial charge is 0.160 e. The van der Waals surface area contributed by atoms with E-state index in [4.69, 9.17) is 0 Å². The number of carbonyl (C=O) groups is 1. The molecule has 0 bridgehead atoms. The summed E-state index contributed by atoms with van der Waals surface area (Å²) >= 11 is 0. The molecular formula is C13H22O3S. The zero-order valence-corrected chi connectivity index (χ0v) is 11.2. The van der Waals surface area contributed by atoms with E-state index in [1.165, 1.54) is 19.3 Å². The summed E-state index contributed by atoms with van der Waals surface area (Å²) in [5.74, 6) is 0.665. The Kier molecular flexibility index (Phi) is 4.23. The summed E-state index contributed by atoms with van der Waals surface area (Å²) in [4.78, 5) is 12.1. The molecule has 1 aliphatic carbocycles. The zero-order chi connectivity index (χ0) is 12.3. The van der Waals surface area contributed by atoms with Crippen LogP contribution in [-0.2, 0) is 14.6 Å². The Balaban J connectivity index is 1.94. The van der Waals surface area contributed by atoms with Crippen LogP contribution in [0.1, 0.15) is 57.8 Å². The number of ketones is 1. The SMILES string of the molecule is O=C(CC1CCCCC1)C1CCCCS1(=O)=O. The van der Waals surface area contributed by atoms with Crippen molar-refractivity contribution in [2.24, 2.45) is 5.92 Å². The second-order valence-corrected chi connectivity index (χ2v) is 7.83. The van der Waals surface area contributed by atoms with Crippen molar-refractivity contribution in [3.63, 3.8) is 0 Å². The highest BCUT2D eigenvalue weighted by atomic mass is 32.2. The number of hydrogen-bond donors (Lipinski definition) is 0. The van der Waals surface area contributed by atoms with Gasteiger partial charge in [-0.1, -0.05) is 38.5 Å². The van der Waals surface area contributed by atoms with E-state index < -0.39 is 15.1 Å². The molecule has 0 aromatic carbocycles. The summed E-state index contributed by atoms with van der Waals surface area (Å²) in [5, 5.41) is -0.668. The van der Waals surface area contributed by atoms with Crippen LogP contribution in [0.3, 0.4) is 0 Å². The third kappa shape index (κ3) is 3.30. The molecule has 1 saturated heterocycles. The van der Waals surface area contributed by atoms with Gasteiger partial charge in [0.25, 0.3) is 0 Å². The Labute approximate surface area is 104 Å². The monoisotopic (exact) mass is 258 g/mol. The quantitative estimate of drug-likeness (QED) is 0.781. The highest BCUT2D eigenvalue weighted by Crippen LogP contribution is 2.29. The van der Waals surface area contributed by atoms with Crippen LogP contribution in [0.2, 0.25) is 0 Å². The van der Waals surface area contributed by atoms with Gasteiger partial charge in [-0.2, -0.15) is 0 Å². The summed E-state index contributed by atoms with van der Waals surface area (Å²) in [5.41, 5.74) is 0. The van der Waals surface area contributed by atoms with Crippen LogP contribution < -0.4 is 0 Å². The molecule has 4 heteroatoms. The summed E-state index contributed by atoms with van der Waals surface area (Å²) in [6, 6.07) is 0. The first-order chi connectivity index (χ1) is 8.09. The third-order valence-corrected chi connectivity index (χ3v) is 6.38. The van der Waals surface area contributed by atoms with Crippen molar-refractivity contribution < 1.29 is 13.2 Å². The first kappa shape index (κ1) is 13.1. The van der Waals surface area contributed by atoms with Crippen LogP contribution in [0.5, 0.6) is 0 Å². The van der Waals surface area contributed by atoms with Crippen LogP contribution in [0.4, 0.5) is 0 Å². The molecule has 98 valence electrons. The highest BCUT2D eigenvalue weighted by molar-refractivity contribution is 7.92. The molecule has 0 aromatic heterocycles. The number of carbonyl (C=O) groups excluding carboxylic acids is 1. The average molecular weight is 258 g/mol. The van der Waals surface area contributed by atoms with Gasteiger partial charge in [-0.05, 0) is 18.8 Å². The van der Waals surface area contributed by atoms with Gasteiger partial charge in [-0.15, -0.1) is 0 Å². The van der Waals surface area contributed by atoms with Crippen molar-refractivity contribution in [1.29, 1.82) is 0 Å². The van der Waals surface area contributed by atoms with Gasteiger partial charge in [-0.3, -0.25) is 4.79 Å². The van der Waals surface area contributed by atoms with Gasteiger partial charge in [0.1, 0.15) is 5.25 Å². The normalized spacial score (nSPS) is 30.0. The molecule has 1 saturated carbocycles. The fraction of sp³-hybridized carbons (Fsp3) is 0.923. The molecule has 3 nitrogen and oxygen atoms in total. The molecule has 0 aromatic rings. The van der Waals surface area contributed by atoms with Crippen molar-refractivity contribution in [1.82, 2.24) is 0 Å². The first-order valence-electron chi connectivity index (χ1n) is 6.84. The lowest BCUT2D eigenvalue weighted by atomic mass is 9.85. The largest absolute Gasteiger partial charge is 0.298 e. The summed E-state index contributed by atoms with van der Waals surface area (Å²) in [7, 11) is -3.12. The lowest BCUT2D eigenvalue weighted by molar-refractivity contribution is -0.120. The topological polar surface area (TPSA) is 51.2 Å². The van der Waals surface area contributed by atoms with Gasteiger partial charge < -0.3 is 0 Å². The fourth-order valence-electron chi connectivity index (χ4n) is 3.12. The Morgan fingerprint density at radius 1 is 0.941 bits per heavy atom. The maximum Gasteiger partial charge on any atom is 0.160 e. The molecule has 1 unspecified atom stereocenters. The van der Waals surface area contributed by atoms with E-state index in [9.17, 15) is 13.2 Å². The minimum absolute atomic E-state index is 0.00315. The van der Waals surface area contributed by atoms with Crippen molar-refractivity contribution in [2.45, 2.75) is 63.0 Å².